The zero-order chi connectivity index (χ0) is 20.8. The van der Waals surface area contributed by atoms with E-state index in [-0.39, 0.29) is 18.5 Å². The molecule has 0 aliphatic rings. The number of pyridine rings is 1. The highest BCUT2D eigenvalue weighted by Crippen LogP contribution is 2.28. The Morgan fingerprint density at radius 2 is 1.90 bits per heavy atom. The highest BCUT2D eigenvalue weighted by atomic mass is 32.1. The Hall–Kier alpha value is -3.26. The molecule has 2 N–H and O–H groups in total. The maximum atomic E-state index is 12.7. The van der Waals surface area contributed by atoms with Crippen LogP contribution in [-0.2, 0) is 14.3 Å². The molecular formula is C21H21N3O4S. The fraction of sp³-hybridized carbons (Fsp3) is 0.238. The summed E-state index contributed by atoms with van der Waals surface area (Å²) in [5.74, 6) is -1.47. The molecule has 7 nitrogen and oxygen atoms in total. The number of thiophene rings is 1. The fourth-order valence-electron chi connectivity index (χ4n) is 2.71. The van der Waals surface area contributed by atoms with Gasteiger partial charge in [0.1, 0.15) is 0 Å². The number of nitrogens with zero attached hydrogens (tertiary/aromatic N) is 1. The first-order chi connectivity index (χ1) is 13.9. The van der Waals surface area contributed by atoms with E-state index in [4.69, 9.17) is 4.74 Å². The zero-order valence-electron chi connectivity index (χ0n) is 16.1. The van der Waals surface area contributed by atoms with Crippen molar-refractivity contribution in [2.75, 3.05) is 13.2 Å². The normalized spacial score (nSPS) is 10.7. The Morgan fingerprint density at radius 1 is 1.10 bits per heavy atom. The lowest BCUT2D eigenvalue weighted by Crippen LogP contribution is -2.41. The first kappa shape index (κ1) is 20.5. The van der Waals surface area contributed by atoms with Crippen molar-refractivity contribution in [3.63, 3.8) is 0 Å². The van der Waals surface area contributed by atoms with Gasteiger partial charge >= 0.3 is 5.97 Å². The van der Waals surface area contributed by atoms with Gasteiger partial charge in [-0.3, -0.25) is 9.59 Å². The van der Waals surface area contributed by atoms with Gasteiger partial charge in [0.25, 0.3) is 5.91 Å². The first-order valence-corrected chi connectivity index (χ1v) is 9.99. The quantitative estimate of drug-likeness (QED) is 0.583. The summed E-state index contributed by atoms with van der Waals surface area (Å²) in [6, 6.07) is 12.8. The van der Waals surface area contributed by atoms with Crippen LogP contribution >= 0.6 is 11.3 Å². The van der Waals surface area contributed by atoms with Crippen LogP contribution in [-0.4, -0.2) is 42.0 Å². The summed E-state index contributed by atoms with van der Waals surface area (Å²) in [4.78, 5) is 41.7. The number of benzene rings is 1. The van der Waals surface area contributed by atoms with Gasteiger partial charge in [-0.15, -0.1) is 11.3 Å². The molecule has 8 heteroatoms. The van der Waals surface area contributed by atoms with Crippen molar-refractivity contribution in [1.29, 1.82) is 0 Å². The number of rotatable bonds is 7. The number of hydrogen-bond acceptors (Lipinski definition) is 6. The summed E-state index contributed by atoms with van der Waals surface area (Å²) in [7, 11) is 0. The molecule has 0 spiro atoms. The molecular weight excluding hydrogens is 390 g/mol. The van der Waals surface area contributed by atoms with Gasteiger partial charge in [-0.05, 0) is 37.4 Å². The Morgan fingerprint density at radius 3 is 2.62 bits per heavy atom. The lowest BCUT2D eigenvalue weighted by atomic mass is 10.1. The standard InChI is InChI=1S/C21H21N3O4S/c1-13(2)23-19(25)11-22-20(26)12-28-21(27)15-10-17(18-8-5-9-29-18)24-16-7-4-3-6-14(15)16/h3-10,13H,11-12H2,1-2H3,(H,22,26)(H,23,25). The Balaban J connectivity index is 1.70. The number of carbonyl (C=O) groups excluding carboxylic acids is 3. The van der Waals surface area contributed by atoms with E-state index in [2.05, 4.69) is 15.6 Å². The number of fused-ring (bicyclic) bond motifs is 1. The van der Waals surface area contributed by atoms with E-state index in [0.29, 0.717) is 22.2 Å². The third-order valence-corrected chi connectivity index (χ3v) is 4.83. The minimum Gasteiger partial charge on any atom is -0.452 e. The number of esters is 1. The molecule has 0 unspecified atom stereocenters. The van der Waals surface area contributed by atoms with E-state index >= 15 is 0 Å². The second-order valence-corrected chi connectivity index (χ2v) is 7.57. The van der Waals surface area contributed by atoms with Crippen LogP contribution in [0.15, 0.2) is 47.8 Å². The van der Waals surface area contributed by atoms with Gasteiger partial charge in [-0.2, -0.15) is 0 Å². The number of amides is 2. The average Bonchev–Trinajstić information content (AvgIpc) is 3.24. The largest absolute Gasteiger partial charge is 0.452 e. The number of hydrogen-bond donors (Lipinski definition) is 2. The summed E-state index contributed by atoms with van der Waals surface area (Å²) in [5.41, 5.74) is 1.67. The highest BCUT2D eigenvalue weighted by molar-refractivity contribution is 7.13. The minimum absolute atomic E-state index is 0.0188. The van der Waals surface area contributed by atoms with E-state index in [9.17, 15) is 14.4 Å². The Kier molecular flexibility index (Phi) is 6.56. The summed E-state index contributed by atoms with van der Waals surface area (Å²) >= 11 is 1.52. The monoisotopic (exact) mass is 411 g/mol. The second-order valence-electron chi connectivity index (χ2n) is 6.62. The number of aromatic nitrogens is 1. The van der Waals surface area contributed by atoms with Crippen LogP contribution < -0.4 is 10.6 Å². The molecule has 150 valence electrons. The van der Waals surface area contributed by atoms with Gasteiger partial charge in [-0.1, -0.05) is 24.3 Å². The van der Waals surface area contributed by atoms with Crippen LogP contribution in [0.3, 0.4) is 0 Å². The summed E-state index contributed by atoms with van der Waals surface area (Å²) in [6.45, 7) is 3.00. The molecule has 0 aliphatic carbocycles. The van der Waals surface area contributed by atoms with E-state index in [1.165, 1.54) is 11.3 Å². The van der Waals surface area contributed by atoms with Gasteiger partial charge in [0, 0.05) is 11.4 Å². The minimum atomic E-state index is -0.622. The molecule has 2 aromatic heterocycles. The number of nitrogens with one attached hydrogen (secondary N) is 2. The zero-order valence-corrected chi connectivity index (χ0v) is 16.9. The lowest BCUT2D eigenvalue weighted by Gasteiger charge is -2.11. The molecule has 0 saturated carbocycles. The first-order valence-electron chi connectivity index (χ1n) is 9.11. The molecule has 2 heterocycles. The fourth-order valence-corrected chi connectivity index (χ4v) is 3.39. The molecule has 0 saturated heterocycles. The topological polar surface area (TPSA) is 97.4 Å². The van der Waals surface area contributed by atoms with E-state index in [0.717, 1.165) is 4.88 Å². The lowest BCUT2D eigenvalue weighted by molar-refractivity contribution is -0.128. The molecule has 1 aromatic carbocycles. The SMILES string of the molecule is CC(C)NC(=O)CNC(=O)COC(=O)c1cc(-c2cccs2)nc2ccccc12. The summed E-state index contributed by atoms with van der Waals surface area (Å²) in [5, 5.41) is 7.67. The van der Waals surface area contributed by atoms with Crippen LogP contribution in [0.5, 0.6) is 0 Å². The van der Waals surface area contributed by atoms with Gasteiger partial charge in [0.15, 0.2) is 6.61 Å². The molecule has 3 aromatic rings. The van der Waals surface area contributed by atoms with Crippen molar-refractivity contribution in [3.05, 3.63) is 53.4 Å². The molecule has 29 heavy (non-hydrogen) atoms. The predicted molar refractivity (Wildman–Crippen MR) is 112 cm³/mol. The molecule has 0 atom stereocenters. The van der Waals surface area contributed by atoms with Crippen molar-refractivity contribution >= 4 is 40.0 Å². The van der Waals surface area contributed by atoms with Crippen LogP contribution in [0.1, 0.15) is 24.2 Å². The molecule has 0 aliphatic heterocycles. The van der Waals surface area contributed by atoms with Crippen LogP contribution in [0.4, 0.5) is 0 Å². The number of para-hydroxylation sites is 1. The number of carbonyl (C=O) groups is 3. The second kappa shape index (κ2) is 9.29. The van der Waals surface area contributed by atoms with Crippen molar-refractivity contribution in [3.8, 4) is 10.6 Å². The van der Waals surface area contributed by atoms with Crippen molar-refractivity contribution in [1.82, 2.24) is 15.6 Å². The van der Waals surface area contributed by atoms with Crippen molar-refractivity contribution in [2.24, 2.45) is 0 Å². The van der Waals surface area contributed by atoms with Gasteiger partial charge in [-0.25, -0.2) is 9.78 Å². The number of ether oxygens (including phenoxy) is 1. The van der Waals surface area contributed by atoms with Crippen LogP contribution in [0, 0.1) is 0 Å². The van der Waals surface area contributed by atoms with Gasteiger partial charge in [0.05, 0.1) is 28.2 Å². The van der Waals surface area contributed by atoms with Gasteiger partial charge < -0.3 is 15.4 Å². The Labute approximate surface area is 172 Å². The van der Waals surface area contributed by atoms with E-state index in [1.807, 2.05) is 49.6 Å². The maximum absolute atomic E-state index is 12.7. The molecule has 0 radical (unpaired) electrons. The van der Waals surface area contributed by atoms with E-state index < -0.39 is 18.5 Å². The smallest absolute Gasteiger partial charge is 0.339 e. The van der Waals surface area contributed by atoms with E-state index in [1.54, 1.807) is 12.1 Å². The Bertz CT molecular complexity index is 1030. The maximum Gasteiger partial charge on any atom is 0.339 e. The molecule has 2 amide bonds. The molecule has 3 rings (SSSR count). The predicted octanol–water partition coefficient (Wildman–Crippen LogP) is 2.76. The third kappa shape index (κ3) is 5.39. The highest BCUT2D eigenvalue weighted by Gasteiger charge is 2.17. The third-order valence-electron chi connectivity index (χ3n) is 3.94. The van der Waals surface area contributed by atoms with Crippen LogP contribution in [0.25, 0.3) is 21.5 Å². The average molecular weight is 411 g/mol. The molecule has 0 bridgehead atoms. The summed E-state index contributed by atoms with van der Waals surface area (Å²) in [6.07, 6.45) is 0. The van der Waals surface area contributed by atoms with Crippen LogP contribution in [0.2, 0.25) is 0 Å². The molecule has 0 fully saturated rings. The summed E-state index contributed by atoms with van der Waals surface area (Å²) < 4.78 is 5.18. The van der Waals surface area contributed by atoms with Crippen molar-refractivity contribution in [2.45, 2.75) is 19.9 Å². The van der Waals surface area contributed by atoms with Gasteiger partial charge in [0.2, 0.25) is 5.91 Å². The van der Waals surface area contributed by atoms with Crippen molar-refractivity contribution < 1.29 is 19.1 Å².